The Bertz CT molecular complexity index is 297. The third-order valence-corrected chi connectivity index (χ3v) is 3.14. The van der Waals surface area contributed by atoms with E-state index in [0.29, 0.717) is 0 Å². The molecule has 1 aromatic rings. The Labute approximate surface area is 93.3 Å². The second kappa shape index (κ2) is 4.43. The fourth-order valence-corrected chi connectivity index (χ4v) is 1.69. The number of nitrogens with two attached hydrogens (primary N) is 1. The summed E-state index contributed by atoms with van der Waals surface area (Å²) < 4.78 is 1.00. The van der Waals surface area contributed by atoms with Gasteiger partial charge in [0, 0.05) is 11.0 Å². The van der Waals surface area contributed by atoms with E-state index < -0.39 is 5.60 Å². The molecule has 3 heteroatoms. The van der Waals surface area contributed by atoms with Gasteiger partial charge in [0.05, 0.1) is 0 Å². The van der Waals surface area contributed by atoms with Gasteiger partial charge < -0.3 is 10.8 Å². The van der Waals surface area contributed by atoms with Crippen LogP contribution in [0.1, 0.15) is 19.4 Å². The Balaban J connectivity index is 3.06. The Hall–Kier alpha value is -0.380. The molecule has 3 N–H and O–H groups in total. The van der Waals surface area contributed by atoms with E-state index in [1.807, 2.05) is 38.1 Å². The van der Waals surface area contributed by atoms with Gasteiger partial charge in [0.2, 0.25) is 0 Å². The topological polar surface area (TPSA) is 46.2 Å². The van der Waals surface area contributed by atoms with Crippen molar-refractivity contribution in [1.82, 2.24) is 0 Å². The van der Waals surface area contributed by atoms with Gasteiger partial charge in [-0.25, -0.2) is 0 Å². The summed E-state index contributed by atoms with van der Waals surface area (Å²) in [7, 11) is 0. The van der Waals surface area contributed by atoms with Crippen molar-refractivity contribution >= 4 is 15.9 Å². The summed E-state index contributed by atoms with van der Waals surface area (Å²) in [5.41, 5.74) is 5.57. The Morgan fingerprint density at radius 2 is 1.86 bits per heavy atom. The Morgan fingerprint density at radius 3 is 2.21 bits per heavy atom. The van der Waals surface area contributed by atoms with Gasteiger partial charge in [0.15, 0.2) is 0 Å². The highest BCUT2D eigenvalue weighted by Gasteiger charge is 2.31. The van der Waals surface area contributed by atoms with Crippen LogP contribution in [0.15, 0.2) is 28.7 Å². The molecular formula is C11H16BrNO. The molecule has 1 atom stereocenters. The summed E-state index contributed by atoms with van der Waals surface area (Å²) in [6.07, 6.45) is 0. The molecule has 0 aliphatic carbocycles. The minimum Gasteiger partial charge on any atom is -0.384 e. The van der Waals surface area contributed by atoms with Crippen LogP contribution in [0.4, 0.5) is 0 Å². The Kier molecular flexibility index (Phi) is 3.70. The van der Waals surface area contributed by atoms with Gasteiger partial charge in [0.25, 0.3) is 0 Å². The number of rotatable bonds is 3. The van der Waals surface area contributed by atoms with Gasteiger partial charge >= 0.3 is 0 Å². The van der Waals surface area contributed by atoms with Crippen LogP contribution in [0, 0.1) is 5.92 Å². The highest BCUT2D eigenvalue weighted by atomic mass is 79.9. The second-order valence-corrected chi connectivity index (χ2v) is 4.71. The monoisotopic (exact) mass is 257 g/mol. The van der Waals surface area contributed by atoms with Crippen molar-refractivity contribution < 1.29 is 5.11 Å². The quantitative estimate of drug-likeness (QED) is 0.873. The summed E-state index contributed by atoms with van der Waals surface area (Å²) in [4.78, 5) is 0. The third-order valence-electron chi connectivity index (χ3n) is 2.61. The van der Waals surface area contributed by atoms with Crippen LogP contribution in [-0.2, 0) is 5.60 Å². The van der Waals surface area contributed by atoms with E-state index in [4.69, 9.17) is 5.73 Å². The predicted octanol–water partition coefficient (Wildman–Crippen LogP) is 2.25. The number of hydrogen-bond donors (Lipinski definition) is 2. The number of benzene rings is 1. The molecule has 0 spiro atoms. The zero-order valence-corrected chi connectivity index (χ0v) is 10.1. The zero-order valence-electron chi connectivity index (χ0n) is 8.50. The minimum absolute atomic E-state index is 0.105. The smallest absolute Gasteiger partial charge is 0.104 e. The fraction of sp³-hybridized carbons (Fsp3) is 0.455. The largest absolute Gasteiger partial charge is 0.384 e. The molecule has 14 heavy (non-hydrogen) atoms. The molecule has 0 bridgehead atoms. The summed E-state index contributed by atoms with van der Waals surface area (Å²) in [6, 6.07) is 7.63. The van der Waals surface area contributed by atoms with Crippen molar-refractivity contribution in [2.24, 2.45) is 11.7 Å². The molecule has 0 aliphatic rings. The average Bonchev–Trinajstić information content (AvgIpc) is 2.17. The summed E-state index contributed by atoms with van der Waals surface area (Å²) in [6.45, 7) is 4.18. The van der Waals surface area contributed by atoms with E-state index in [1.165, 1.54) is 0 Å². The molecule has 0 saturated carbocycles. The molecule has 0 saturated heterocycles. The van der Waals surface area contributed by atoms with Gasteiger partial charge in [-0.1, -0.05) is 41.9 Å². The van der Waals surface area contributed by atoms with Gasteiger partial charge in [-0.15, -0.1) is 0 Å². The molecule has 0 amide bonds. The van der Waals surface area contributed by atoms with Crippen LogP contribution in [0.5, 0.6) is 0 Å². The summed E-state index contributed by atoms with van der Waals surface area (Å²) in [5.74, 6) is 0.105. The third kappa shape index (κ3) is 2.16. The first-order chi connectivity index (χ1) is 6.50. The van der Waals surface area contributed by atoms with Crippen molar-refractivity contribution in [2.75, 3.05) is 6.54 Å². The zero-order chi connectivity index (χ0) is 10.8. The SMILES string of the molecule is CC(C)C(O)(CN)c1ccc(Br)cc1. The maximum Gasteiger partial charge on any atom is 0.104 e. The molecule has 1 unspecified atom stereocenters. The van der Waals surface area contributed by atoms with Crippen molar-refractivity contribution in [1.29, 1.82) is 0 Å². The standard InChI is InChI=1S/C11H16BrNO/c1-8(2)11(14,7-13)9-3-5-10(12)6-4-9/h3-6,8,14H,7,13H2,1-2H3. The molecule has 0 radical (unpaired) electrons. The number of aliphatic hydroxyl groups is 1. The summed E-state index contributed by atoms with van der Waals surface area (Å²) >= 11 is 3.36. The molecule has 78 valence electrons. The first kappa shape index (κ1) is 11.7. The van der Waals surface area contributed by atoms with E-state index in [9.17, 15) is 5.11 Å². The average molecular weight is 258 g/mol. The lowest BCUT2D eigenvalue weighted by Gasteiger charge is -2.31. The van der Waals surface area contributed by atoms with Crippen molar-refractivity contribution in [2.45, 2.75) is 19.4 Å². The molecule has 1 rings (SSSR count). The predicted molar refractivity (Wildman–Crippen MR) is 61.9 cm³/mol. The van der Waals surface area contributed by atoms with Crippen LogP contribution in [0.25, 0.3) is 0 Å². The fourth-order valence-electron chi connectivity index (χ4n) is 1.43. The van der Waals surface area contributed by atoms with Crippen molar-refractivity contribution in [3.05, 3.63) is 34.3 Å². The Morgan fingerprint density at radius 1 is 1.36 bits per heavy atom. The van der Waals surface area contributed by atoms with Crippen LogP contribution in [0.3, 0.4) is 0 Å². The van der Waals surface area contributed by atoms with Gasteiger partial charge in [-0.2, -0.15) is 0 Å². The molecule has 0 aliphatic heterocycles. The molecule has 1 aromatic carbocycles. The summed E-state index contributed by atoms with van der Waals surface area (Å²) in [5, 5.41) is 10.3. The lowest BCUT2D eigenvalue weighted by molar-refractivity contribution is -0.00114. The molecule has 0 aromatic heterocycles. The van der Waals surface area contributed by atoms with Gasteiger partial charge in [-0.05, 0) is 23.6 Å². The maximum absolute atomic E-state index is 10.3. The van der Waals surface area contributed by atoms with Crippen LogP contribution in [0.2, 0.25) is 0 Å². The lowest BCUT2D eigenvalue weighted by Crippen LogP contribution is -2.39. The highest BCUT2D eigenvalue weighted by molar-refractivity contribution is 9.10. The van der Waals surface area contributed by atoms with E-state index in [-0.39, 0.29) is 12.5 Å². The minimum atomic E-state index is -0.916. The van der Waals surface area contributed by atoms with Gasteiger partial charge in [-0.3, -0.25) is 0 Å². The van der Waals surface area contributed by atoms with Gasteiger partial charge in [0.1, 0.15) is 5.60 Å². The first-order valence-electron chi connectivity index (χ1n) is 4.69. The van der Waals surface area contributed by atoms with Crippen LogP contribution < -0.4 is 5.73 Å². The van der Waals surface area contributed by atoms with E-state index in [0.717, 1.165) is 10.0 Å². The van der Waals surface area contributed by atoms with Crippen molar-refractivity contribution in [3.63, 3.8) is 0 Å². The normalized spacial score (nSPS) is 15.6. The second-order valence-electron chi connectivity index (χ2n) is 3.79. The van der Waals surface area contributed by atoms with Crippen LogP contribution in [-0.4, -0.2) is 11.7 Å². The van der Waals surface area contributed by atoms with Crippen molar-refractivity contribution in [3.8, 4) is 0 Å². The molecule has 0 fully saturated rings. The molecule has 0 heterocycles. The molecule has 2 nitrogen and oxygen atoms in total. The van der Waals surface area contributed by atoms with E-state index >= 15 is 0 Å². The highest BCUT2D eigenvalue weighted by Crippen LogP contribution is 2.29. The van der Waals surface area contributed by atoms with E-state index in [2.05, 4.69) is 15.9 Å². The number of hydrogen-bond acceptors (Lipinski definition) is 2. The maximum atomic E-state index is 10.3. The van der Waals surface area contributed by atoms with Crippen LogP contribution >= 0.6 is 15.9 Å². The first-order valence-corrected chi connectivity index (χ1v) is 5.48. The molecular weight excluding hydrogens is 242 g/mol. The number of halogens is 1. The lowest BCUT2D eigenvalue weighted by atomic mass is 9.83. The van der Waals surface area contributed by atoms with E-state index in [1.54, 1.807) is 0 Å².